The lowest BCUT2D eigenvalue weighted by Crippen LogP contribution is -2.07. The number of benzene rings is 1. The third kappa shape index (κ3) is 2.75. The number of alkyl halides is 3. The lowest BCUT2D eigenvalue weighted by molar-refractivity contribution is -0.137. The Balaban J connectivity index is 3.22. The number of hydrogen-bond donors (Lipinski definition) is 0. The van der Waals surface area contributed by atoms with Crippen LogP contribution in [0.3, 0.4) is 0 Å². The van der Waals surface area contributed by atoms with E-state index in [0.717, 1.165) is 6.07 Å². The van der Waals surface area contributed by atoms with Gasteiger partial charge in [-0.3, -0.25) is 0 Å². The van der Waals surface area contributed by atoms with Gasteiger partial charge in [-0.25, -0.2) is 0 Å². The molecule has 0 saturated heterocycles. The summed E-state index contributed by atoms with van der Waals surface area (Å²) >= 11 is 5.48. The van der Waals surface area contributed by atoms with Crippen molar-refractivity contribution in [3.05, 3.63) is 47.0 Å². The Morgan fingerprint density at radius 1 is 1.40 bits per heavy atom. The molecule has 4 heteroatoms. The van der Waals surface area contributed by atoms with Gasteiger partial charge < -0.3 is 0 Å². The third-order valence-electron chi connectivity index (χ3n) is 2.18. The molecule has 0 amide bonds. The summed E-state index contributed by atoms with van der Waals surface area (Å²) in [5.74, 6) is -0.122. The Bertz CT molecular complexity index is 369. The van der Waals surface area contributed by atoms with Gasteiger partial charge in [-0.05, 0) is 23.6 Å². The minimum atomic E-state index is -4.41. The highest BCUT2D eigenvalue weighted by atomic mass is 35.5. The predicted molar refractivity (Wildman–Crippen MR) is 55.1 cm³/mol. The maximum atomic E-state index is 12.5. The molecule has 0 aliphatic rings. The third-order valence-corrected chi connectivity index (χ3v) is 2.50. The van der Waals surface area contributed by atoms with Gasteiger partial charge in [-0.15, -0.1) is 6.58 Å². The smallest absolute Gasteiger partial charge is 0.166 e. The van der Waals surface area contributed by atoms with E-state index >= 15 is 0 Å². The molecule has 0 saturated carbocycles. The molecule has 1 rings (SSSR count). The largest absolute Gasteiger partial charge is 0.417 e. The predicted octanol–water partition coefficient (Wildman–Crippen LogP) is 4.65. The van der Waals surface area contributed by atoms with Gasteiger partial charge in [0.1, 0.15) is 0 Å². The van der Waals surface area contributed by atoms with Crippen LogP contribution in [0.5, 0.6) is 0 Å². The number of hydrogen-bond acceptors (Lipinski definition) is 0. The second kappa shape index (κ2) is 4.27. The van der Waals surface area contributed by atoms with Crippen molar-refractivity contribution in [3.63, 3.8) is 0 Å². The average molecular weight is 235 g/mol. The molecule has 1 aromatic carbocycles. The summed E-state index contributed by atoms with van der Waals surface area (Å²) in [7, 11) is 0. The first-order valence-corrected chi connectivity index (χ1v) is 4.73. The Labute approximate surface area is 91.4 Å². The molecule has 0 aromatic heterocycles. The van der Waals surface area contributed by atoms with Gasteiger partial charge in [0.05, 0.1) is 10.6 Å². The molecule has 0 bridgehead atoms. The van der Waals surface area contributed by atoms with E-state index in [1.807, 2.05) is 0 Å². The van der Waals surface area contributed by atoms with Gasteiger partial charge in [-0.1, -0.05) is 30.7 Å². The van der Waals surface area contributed by atoms with Gasteiger partial charge in [-0.2, -0.15) is 13.2 Å². The van der Waals surface area contributed by atoms with Crippen molar-refractivity contribution < 1.29 is 13.2 Å². The van der Waals surface area contributed by atoms with Gasteiger partial charge >= 0.3 is 6.18 Å². The van der Waals surface area contributed by atoms with E-state index in [4.69, 9.17) is 11.6 Å². The highest BCUT2D eigenvalue weighted by Crippen LogP contribution is 2.36. The summed E-state index contributed by atoms with van der Waals surface area (Å²) in [6, 6.07) is 3.90. The van der Waals surface area contributed by atoms with E-state index in [-0.39, 0.29) is 10.9 Å². The maximum absolute atomic E-state index is 12.5. The van der Waals surface area contributed by atoms with E-state index in [1.54, 1.807) is 19.1 Å². The number of rotatable bonds is 2. The van der Waals surface area contributed by atoms with Crippen LogP contribution in [0.1, 0.15) is 24.0 Å². The fraction of sp³-hybridized carbons (Fsp3) is 0.273. The summed E-state index contributed by atoms with van der Waals surface area (Å²) in [5.41, 5.74) is -0.239. The zero-order valence-corrected chi connectivity index (χ0v) is 8.86. The first-order valence-electron chi connectivity index (χ1n) is 4.35. The van der Waals surface area contributed by atoms with E-state index < -0.39 is 11.7 Å². The van der Waals surface area contributed by atoms with Gasteiger partial charge in [0.15, 0.2) is 0 Å². The SMILES string of the molecule is C=CC(C)c1ccc(Cl)c(C(F)(F)F)c1. The van der Waals surface area contributed by atoms with E-state index in [0.29, 0.717) is 5.56 Å². The van der Waals surface area contributed by atoms with Crippen molar-refractivity contribution in [2.45, 2.75) is 19.0 Å². The Kier molecular flexibility index (Phi) is 3.45. The molecule has 0 spiro atoms. The molecule has 82 valence electrons. The van der Waals surface area contributed by atoms with Crippen molar-refractivity contribution in [2.24, 2.45) is 0 Å². The zero-order chi connectivity index (χ0) is 11.6. The van der Waals surface area contributed by atoms with Gasteiger partial charge in [0, 0.05) is 0 Å². The molecule has 1 unspecified atom stereocenters. The first-order chi connectivity index (χ1) is 6.86. The minimum absolute atomic E-state index is 0.122. The maximum Gasteiger partial charge on any atom is 0.417 e. The Hall–Kier alpha value is -0.960. The molecular weight excluding hydrogens is 225 g/mol. The molecule has 0 nitrogen and oxygen atoms in total. The molecule has 0 aliphatic carbocycles. The molecular formula is C11H10ClF3. The fourth-order valence-corrected chi connectivity index (χ4v) is 1.40. The second-order valence-electron chi connectivity index (χ2n) is 3.26. The highest BCUT2D eigenvalue weighted by Gasteiger charge is 2.33. The summed E-state index contributed by atoms with van der Waals surface area (Å²) in [4.78, 5) is 0. The number of allylic oxidation sites excluding steroid dienone is 1. The van der Waals surface area contributed by atoms with Crippen LogP contribution >= 0.6 is 11.6 Å². The molecule has 0 aliphatic heterocycles. The van der Waals surface area contributed by atoms with Crippen LogP contribution < -0.4 is 0 Å². The van der Waals surface area contributed by atoms with Crippen LogP contribution in [0.25, 0.3) is 0 Å². The quantitative estimate of drug-likeness (QED) is 0.654. The Morgan fingerprint density at radius 2 is 2.00 bits per heavy atom. The van der Waals surface area contributed by atoms with E-state index in [2.05, 4.69) is 6.58 Å². The van der Waals surface area contributed by atoms with Crippen molar-refractivity contribution >= 4 is 11.6 Å². The lowest BCUT2D eigenvalue weighted by Gasteiger charge is -2.12. The fourth-order valence-electron chi connectivity index (χ4n) is 1.18. The molecule has 0 heterocycles. The van der Waals surface area contributed by atoms with Gasteiger partial charge in [0.2, 0.25) is 0 Å². The summed E-state index contributed by atoms with van der Waals surface area (Å²) in [6.45, 7) is 5.31. The lowest BCUT2D eigenvalue weighted by atomic mass is 9.99. The summed E-state index contributed by atoms with van der Waals surface area (Å²) in [6.07, 6.45) is -2.82. The van der Waals surface area contributed by atoms with E-state index in [1.165, 1.54) is 6.07 Å². The molecule has 0 radical (unpaired) electrons. The average Bonchev–Trinajstić information content (AvgIpc) is 2.15. The Morgan fingerprint density at radius 3 is 2.47 bits per heavy atom. The summed E-state index contributed by atoms with van der Waals surface area (Å²) in [5, 5.41) is -0.275. The van der Waals surface area contributed by atoms with Crippen molar-refractivity contribution in [1.82, 2.24) is 0 Å². The monoisotopic (exact) mass is 234 g/mol. The van der Waals surface area contributed by atoms with Crippen LogP contribution in [-0.4, -0.2) is 0 Å². The summed E-state index contributed by atoms with van der Waals surface area (Å²) < 4.78 is 37.5. The normalized spacial score (nSPS) is 13.7. The minimum Gasteiger partial charge on any atom is -0.166 e. The zero-order valence-electron chi connectivity index (χ0n) is 8.11. The molecule has 0 N–H and O–H groups in total. The second-order valence-corrected chi connectivity index (χ2v) is 3.67. The highest BCUT2D eigenvalue weighted by molar-refractivity contribution is 6.31. The van der Waals surface area contributed by atoms with E-state index in [9.17, 15) is 13.2 Å². The van der Waals surface area contributed by atoms with Crippen LogP contribution in [0.15, 0.2) is 30.9 Å². The first kappa shape index (κ1) is 12.1. The molecule has 1 atom stereocenters. The molecule has 1 aromatic rings. The molecule has 0 fully saturated rings. The van der Waals surface area contributed by atoms with Crippen LogP contribution in [-0.2, 0) is 6.18 Å². The van der Waals surface area contributed by atoms with Crippen LogP contribution in [0.4, 0.5) is 13.2 Å². The standard InChI is InChI=1S/C11H10ClF3/c1-3-7(2)8-4-5-10(12)9(6-8)11(13,14)15/h3-7H,1H2,2H3. The van der Waals surface area contributed by atoms with Crippen molar-refractivity contribution in [1.29, 1.82) is 0 Å². The number of halogens is 4. The van der Waals surface area contributed by atoms with Gasteiger partial charge in [0.25, 0.3) is 0 Å². The topological polar surface area (TPSA) is 0 Å². The van der Waals surface area contributed by atoms with Crippen LogP contribution in [0, 0.1) is 0 Å². The van der Waals surface area contributed by atoms with Crippen molar-refractivity contribution in [3.8, 4) is 0 Å². The van der Waals surface area contributed by atoms with Crippen LogP contribution in [0.2, 0.25) is 5.02 Å². The van der Waals surface area contributed by atoms with Crippen molar-refractivity contribution in [2.75, 3.05) is 0 Å². The molecule has 15 heavy (non-hydrogen) atoms.